The van der Waals surface area contributed by atoms with Crippen LogP contribution in [0.25, 0.3) is 0 Å². The van der Waals surface area contributed by atoms with Crippen molar-refractivity contribution in [3.63, 3.8) is 0 Å². The zero-order chi connectivity index (χ0) is 18.0. The number of unbranched alkanes of at least 4 members (excludes halogenated alkanes) is 1. The normalized spacial score (nSPS) is 14.0. The number of ether oxygens (including phenoxy) is 1. The van der Waals surface area contributed by atoms with E-state index in [9.17, 15) is 4.79 Å². The Kier molecular flexibility index (Phi) is 9.52. The largest absolute Gasteiger partial charge is 0.445 e. The maximum atomic E-state index is 12.2. The molecule has 136 valence electrons. The van der Waals surface area contributed by atoms with E-state index < -0.39 is 22.8 Å². The van der Waals surface area contributed by atoms with Gasteiger partial charge in [-0.2, -0.15) is 0 Å². The van der Waals surface area contributed by atoms with Crippen LogP contribution in [0.4, 0.5) is 4.79 Å². The SMILES string of the molecule is CCCCC(NC(=O)OCc1ccccc1)P(OC)O[Si](C)(C)C. The fourth-order valence-corrected chi connectivity index (χ4v) is 5.85. The molecule has 0 aliphatic heterocycles. The van der Waals surface area contributed by atoms with Crippen molar-refractivity contribution in [2.45, 2.75) is 58.2 Å². The molecule has 0 aromatic heterocycles. The van der Waals surface area contributed by atoms with Crippen molar-refractivity contribution in [2.75, 3.05) is 7.11 Å². The second-order valence-electron chi connectivity index (χ2n) is 6.54. The van der Waals surface area contributed by atoms with Crippen LogP contribution in [-0.2, 0) is 20.1 Å². The standard InChI is InChI=1S/C17H30NO4PSi/c1-6-7-13-16(23(20-2)22-24(3,4)5)18-17(19)21-14-15-11-9-8-10-12-15/h8-12,16H,6-7,13-14H2,1-5H3,(H,18,19). The topological polar surface area (TPSA) is 56.8 Å². The van der Waals surface area contributed by atoms with Crippen LogP contribution in [0.3, 0.4) is 0 Å². The van der Waals surface area contributed by atoms with E-state index in [4.69, 9.17) is 13.5 Å². The van der Waals surface area contributed by atoms with E-state index >= 15 is 0 Å². The Hall–Kier alpha value is -0.943. The summed E-state index contributed by atoms with van der Waals surface area (Å²) in [4.78, 5) is 12.2. The van der Waals surface area contributed by atoms with Crippen molar-refractivity contribution in [3.8, 4) is 0 Å². The zero-order valence-electron chi connectivity index (χ0n) is 15.4. The molecule has 0 spiro atoms. The Morgan fingerprint density at radius 1 is 1.25 bits per heavy atom. The van der Waals surface area contributed by atoms with Crippen molar-refractivity contribution in [1.82, 2.24) is 5.32 Å². The summed E-state index contributed by atoms with van der Waals surface area (Å²) in [5.41, 5.74) is 0.963. The highest BCUT2D eigenvalue weighted by Crippen LogP contribution is 2.46. The molecule has 2 atom stereocenters. The lowest BCUT2D eigenvalue weighted by Crippen LogP contribution is -2.37. The molecule has 7 heteroatoms. The van der Waals surface area contributed by atoms with Crippen molar-refractivity contribution in [3.05, 3.63) is 35.9 Å². The van der Waals surface area contributed by atoms with Gasteiger partial charge in [0.25, 0.3) is 0 Å². The first-order chi connectivity index (χ1) is 11.4. The first-order valence-electron chi connectivity index (χ1n) is 8.35. The van der Waals surface area contributed by atoms with Gasteiger partial charge in [0.15, 0.2) is 16.7 Å². The molecule has 0 saturated heterocycles. The highest BCUT2D eigenvalue weighted by Gasteiger charge is 2.30. The molecule has 2 unspecified atom stereocenters. The smallest absolute Gasteiger partial charge is 0.408 e. The number of rotatable bonds is 10. The first kappa shape index (κ1) is 21.1. The molecule has 1 amide bonds. The number of amides is 1. The third-order valence-electron chi connectivity index (χ3n) is 3.13. The molecule has 1 rings (SSSR count). The third-order valence-corrected chi connectivity index (χ3v) is 7.29. The molecule has 1 aromatic rings. The molecule has 0 heterocycles. The third kappa shape index (κ3) is 8.78. The zero-order valence-corrected chi connectivity index (χ0v) is 17.3. The number of alkyl carbamates (subject to hydrolysis) is 1. The van der Waals surface area contributed by atoms with Gasteiger partial charge >= 0.3 is 6.09 Å². The average molecular weight is 371 g/mol. The van der Waals surface area contributed by atoms with Gasteiger partial charge in [0.05, 0.1) is 0 Å². The number of carbonyl (C=O) groups excluding carboxylic acids is 1. The fraction of sp³-hybridized carbons (Fsp3) is 0.588. The minimum atomic E-state index is -1.75. The fourth-order valence-electron chi connectivity index (χ4n) is 2.03. The Labute approximate surface area is 148 Å². The summed E-state index contributed by atoms with van der Waals surface area (Å²) < 4.78 is 17.0. The van der Waals surface area contributed by atoms with Crippen molar-refractivity contribution >= 4 is 22.8 Å². The van der Waals surface area contributed by atoms with Gasteiger partial charge in [0, 0.05) is 7.11 Å². The summed E-state index contributed by atoms with van der Waals surface area (Å²) in [5, 5.41) is 2.94. The Balaban J connectivity index is 2.61. The molecule has 1 N–H and O–H groups in total. The first-order valence-corrected chi connectivity index (χ1v) is 13.0. The van der Waals surface area contributed by atoms with Crippen LogP contribution >= 0.6 is 8.38 Å². The predicted octanol–water partition coefficient (Wildman–Crippen LogP) is 5.24. The summed E-state index contributed by atoms with van der Waals surface area (Å²) in [7, 11) is -1.28. The molecule has 0 aliphatic rings. The lowest BCUT2D eigenvalue weighted by Gasteiger charge is -2.30. The van der Waals surface area contributed by atoms with Crippen LogP contribution in [0, 0.1) is 0 Å². The lowest BCUT2D eigenvalue weighted by atomic mass is 10.2. The molecule has 0 aliphatic carbocycles. The minimum absolute atomic E-state index is 0.153. The molecule has 24 heavy (non-hydrogen) atoms. The van der Waals surface area contributed by atoms with Gasteiger partial charge in [-0.3, -0.25) is 0 Å². The number of carbonyl (C=O) groups is 1. The van der Waals surface area contributed by atoms with Crippen molar-refractivity contribution in [2.24, 2.45) is 0 Å². The average Bonchev–Trinajstić information content (AvgIpc) is 2.54. The Morgan fingerprint density at radius 2 is 1.92 bits per heavy atom. The van der Waals surface area contributed by atoms with Crippen LogP contribution in [0.15, 0.2) is 30.3 Å². The summed E-state index contributed by atoms with van der Waals surface area (Å²) in [6.07, 6.45) is 2.45. The minimum Gasteiger partial charge on any atom is -0.445 e. The quantitative estimate of drug-likeness (QED) is 0.451. The Bertz CT molecular complexity index is 481. The second kappa shape index (κ2) is 10.8. The van der Waals surface area contributed by atoms with E-state index in [-0.39, 0.29) is 12.4 Å². The van der Waals surface area contributed by atoms with E-state index in [0.717, 1.165) is 24.8 Å². The number of hydrogen-bond acceptors (Lipinski definition) is 4. The van der Waals surface area contributed by atoms with E-state index in [1.165, 1.54) is 0 Å². The van der Waals surface area contributed by atoms with Crippen LogP contribution in [-0.4, -0.2) is 27.3 Å². The molecule has 0 fully saturated rings. The molecule has 0 saturated carbocycles. The molecule has 0 bridgehead atoms. The maximum absolute atomic E-state index is 12.2. The van der Waals surface area contributed by atoms with E-state index in [2.05, 4.69) is 31.9 Å². The van der Waals surface area contributed by atoms with Crippen LogP contribution < -0.4 is 5.32 Å². The molecule has 1 aromatic carbocycles. The summed E-state index contributed by atoms with van der Waals surface area (Å²) in [5.74, 6) is -0.153. The van der Waals surface area contributed by atoms with Gasteiger partial charge < -0.3 is 18.8 Å². The van der Waals surface area contributed by atoms with Crippen LogP contribution in [0.2, 0.25) is 19.6 Å². The number of hydrogen-bond donors (Lipinski definition) is 1. The lowest BCUT2D eigenvalue weighted by molar-refractivity contribution is 0.137. The van der Waals surface area contributed by atoms with Gasteiger partial charge in [0.2, 0.25) is 0 Å². The summed E-state index contributed by atoms with van der Waals surface area (Å²) >= 11 is 0. The highest BCUT2D eigenvalue weighted by molar-refractivity contribution is 7.49. The second-order valence-corrected chi connectivity index (χ2v) is 13.0. The molecular weight excluding hydrogens is 341 g/mol. The van der Waals surface area contributed by atoms with Gasteiger partial charge in [-0.05, 0) is 31.6 Å². The van der Waals surface area contributed by atoms with Gasteiger partial charge in [-0.1, -0.05) is 50.1 Å². The van der Waals surface area contributed by atoms with Gasteiger partial charge in [0.1, 0.15) is 12.4 Å². The van der Waals surface area contributed by atoms with Crippen molar-refractivity contribution < 1.29 is 18.3 Å². The number of nitrogens with one attached hydrogen (secondary N) is 1. The Morgan fingerprint density at radius 3 is 2.46 bits per heavy atom. The van der Waals surface area contributed by atoms with Gasteiger partial charge in [-0.25, -0.2) is 4.79 Å². The van der Waals surface area contributed by atoms with E-state index in [0.29, 0.717) is 0 Å². The van der Waals surface area contributed by atoms with E-state index in [1.54, 1.807) is 7.11 Å². The summed E-state index contributed by atoms with van der Waals surface area (Å²) in [6.45, 7) is 8.73. The predicted molar refractivity (Wildman–Crippen MR) is 101 cm³/mol. The summed E-state index contributed by atoms with van der Waals surface area (Å²) in [6, 6.07) is 9.64. The van der Waals surface area contributed by atoms with E-state index in [1.807, 2.05) is 30.3 Å². The molecular formula is C17H30NO4PSi. The van der Waals surface area contributed by atoms with Crippen LogP contribution in [0.5, 0.6) is 0 Å². The highest BCUT2D eigenvalue weighted by atomic mass is 31.2. The van der Waals surface area contributed by atoms with Crippen LogP contribution in [0.1, 0.15) is 31.7 Å². The number of benzene rings is 1. The van der Waals surface area contributed by atoms with Crippen molar-refractivity contribution in [1.29, 1.82) is 0 Å². The molecule has 0 radical (unpaired) electrons. The monoisotopic (exact) mass is 371 g/mol. The maximum Gasteiger partial charge on any atom is 0.408 e. The van der Waals surface area contributed by atoms with Gasteiger partial charge in [-0.15, -0.1) is 0 Å². The molecule has 5 nitrogen and oxygen atoms in total.